The molecule has 0 atom stereocenters. The summed E-state index contributed by atoms with van der Waals surface area (Å²) in [5, 5.41) is 1.34. The minimum absolute atomic E-state index is 0.808. The van der Waals surface area contributed by atoms with Crippen LogP contribution in [0.15, 0.2) is 0 Å². The van der Waals surface area contributed by atoms with E-state index in [0.717, 1.165) is 77.8 Å². The Morgan fingerprint density at radius 3 is 2.57 bits per heavy atom. The van der Waals surface area contributed by atoms with Crippen LogP contribution in [-0.4, -0.2) is 78.8 Å². The fourth-order valence-electron chi connectivity index (χ4n) is 4.85. The van der Waals surface area contributed by atoms with E-state index in [1.165, 1.54) is 47.3 Å². The van der Waals surface area contributed by atoms with E-state index in [-0.39, 0.29) is 0 Å². The van der Waals surface area contributed by atoms with Gasteiger partial charge in [0.1, 0.15) is 16.5 Å². The van der Waals surface area contributed by atoms with Crippen molar-refractivity contribution in [1.82, 2.24) is 19.8 Å². The summed E-state index contributed by atoms with van der Waals surface area (Å²) >= 11 is 1.91. The predicted molar refractivity (Wildman–Crippen MR) is 122 cm³/mol. The van der Waals surface area contributed by atoms with E-state index in [1.807, 2.05) is 11.3 Å². The van der Waals surface area contributed by atoms with Gasteiger partial charge in [-0.25, -0.2) is 9.97 Å². The van der Waals surface area contributed by atoms with Crippen molar-refractivity contribution in [3.05, 3.63) is 16.3 Å². The number of ether oxygens (including phenoxy) is 1. The smallest absolute Gasteiger partial charge is 0.146 e. The molecule has 2 fully saturated rings. The van der Waals surface area contributed by atoms with Crippen molar-refractivity contribution >= 4 is 27.4 Å². The zero-order valence-corrected chi connectivity index (χ0v) is 18.6. The molecule has 0 radical (unpaired) electrons. The highest BCUT2D eigenvalue weighted by Crippen LogP contribution is 2.40. The summed E-state index contributed by atoms with van der Waals surface area (Å²) in [6, 6.07) is 0. The van der Waals surface area contributed by atoms with Gasteiger partial charge in [0.15, 0.2) is 0 Å². The van der Waals surface area contributed by atoms with Crippen LogP contribution in [0.5, 0.6) is 0 Å². The molecule has 0 aromatic carbocycles. The van der Waals surface area contributed by atoms with Crippen LogP contribution in [0.25, 0.3) is 10.2 Å². The van der Waals surface area contributed by atoms with Gasteiger partial charge in [-0.2, -0.15) is 0 Å². The highest BCUT2D eigenvalue weighted by Gasteiger charge is 2.26. The summed E-state index contributed by atoms with van der Waals surface area (Å²) in [5.41, 5.74) is 1.53. The number of morpholine rings is 1. The number of nitrogens with zero attached hydrogens (tertiary/aromatic N) is 5. The van der Waals surface area contributed by atoms with Gasteiger partial charge in [-0.05, 0) is 31.2 Å². The van der Waals surface area contributed by atoms with Crippen LogP contribution in [0, 0.1) is 12.3 Å². The minimum Gasteiger partial charge on any atom is -0.379 e. The number of aromatic nitrogens is 2. The van der Waals surface area contributed by atoms with Crippen LogP contribution in [0.4, 0.5) is 5.82 Å². The first kappa shape index (κ1) is 20.2. The number of thiophene rings is 1. The molecule has 1 aliphatic carbocycles. The maximum absolute atomic E-state index is 5.51. The largest absolute Gasteiger partial charge is 0.379 e. The van der Waals surface area contributed by atoms with E-state index in [2.05, 4.69) is 20.6 Å². The molecule has 0 spiro atoms. The average molecular weight is 426 g/mol. The summed E-state index contributed by atoms with van der Waals surface area (Å²) in [4.78, 5) is 20.4. The first-order valence-electron chi connectivity index (χ1n) is 11.3. The van der Waals surface area contributed by atoms with Crippen LogP contribution in [0.2, 0.25) is 0 Å². The Morgan fingerprint density at radius 1 is 0.967 bits per heavy atom. The molecule has 4 heterocycles. The number of hydrogen-bond donors (Lipinski definition) is 0. The van der Waals surface area contributed by atoms with Gasteiger partial charge < -0.3 is 9.64 Å². The second-order valence-electron chi connectivity index (χ2n) is 8.53. The SMILES string of the molecule is C#CCCN1CCN(c2nc(CN3CCOCC3)nc3sc4c(c23)CCCC4)CC1. The third-order valence-corrected chi connectivity index (χ3v) is 7.74. The van der Waals surface area contributed by atoms with Crippen molar-refractivity contribution in [2.45, 2.75) is 38.6 Å². The van der Waals surface area contributed by atoms with Gasteiger partial charge >= 0.3 is 0 Å². The topological polar surface area (TPSA) is 44.7 Å². The molecule has 3 aliphatic rings. The number of rotatable bonds is 5. The molecule has 0 N–H and O–H groups in total. The molecule has 0 amide bonds. The lowest BCUT2D eigenvalue weighted by molar-refractivity contribution is 0.0331. The first-order chi connectivity index (χ1) is 14.8. The van der Waals surface area contributed by atoms with Gasteiger partial charge in [-0.3, -0.25) is 9.80 Å². The number of aryl methyl sites for hydroxylation is 2. The summed E-state index contributed by atoms with van der Waals surface area (Å²) < 4.78 is 5.51. The standard InChI is InChI=1S/C23H31N5OS/c1-2-3-8-26-9-11-28(12-10-26)22-21-18-6-4-5-7-19(18)30-23(21)25-20(24-22)17-27-13-15-29-16-14-27/h1H,3-17H2. The second-order valence-corrected chi connectivity index (χ2v) is 9.61. The lowest BCUT2D eigenvalue weighted by atomic mass is 9.97. The molecule has 5 rings (SSSR count). The minimum atomic E-state index is 0.808. The third-order valence-electron chi connectivity index (χ3n) is 6.55. The van der Waals surface area contributed by atoms with E-state index in [4.69, 9.17) is 21.1 Å². The van der Waals surface area contributed by atoms with Crippen LogP contribution < -0.4 is 4.90 Å². The van der Waals surface area contributed by atoms with Crippen LogP contribution in [0.3, 0.4) is 0 Å². The molecule has 2 aromatic heterocycles. The molecule has 0 saturated carbocycles. The van der Waals surface area contributed by atoms with Crippen molar-refractivity contribution in [3.63, 3.8) is 0 Å². The molecule has 160 valence electrons. The fraction of sp³-hybridized carbons (Fsp3) is 0.652. The Hall–Kier alpha value is -1.72. The molecule has 2 aromatic rings. The highest BCUT2D eigenvalue weighted by molar-refractivity contribution is 7.19. The zero-order valence-electron chi connectivity index (χ0n) is 17.7. The van der Waals surface area contributed by atoms with Crippen LogP contribution in [0.1, 0.15) is 35.5 Å². The summed E-state index contributed by atoms with van der Waals surface area (Å²) in [7, 11) is 0. The van der Waals surface area contributed by atoms with Gasteiger partial charge in [0.2, 0.25) is 0 Å². The van der Waals surface area contributed by atoms with Crippen LogP contribution >= 0.6 is 11.3 Å². The molecule has 0 unspecified atom stereocenters. The van der Waals surface area contributed by atoms with Crippen molar-refractivity contribution < 1.29 is 4.74 Å². The Labute approximate surface area is 183 Å². The van der Waals surface area contributed by atoms with Crippen molar-refractivity contribution in [2.75, 3.05) is 63.9 Å². The number of anilines is 1. The number of terminal acetylenes is 1. The quantitative estimate of drug-likeness (QED) is 0.686. The average Bonchev–Trinajstić information content (AvgIpc) is 3.16. The second kappa shape index (κ2) is 9.19. The van der Waals surface area contributed by atoms with E-state index in [1.54, 1.807) is 4.88 Å². The van der Waals surface area contributed by atoms with E-state index >= 15 is 0 Å². The summed E-state index contributed by atoms with van der Waals surface area (Å²) in [6.07, 6.45) is 11.3. The Morgan fingerprint density at radius 2 is 1.77 bits per heavy atom. The maximum Gasteiger partial charge on any atom is 0.146 e. The molecule has 0 bridgehead atoms. The van der Waals surface area contributed by atoms with E-state index in [0.29, 0.717) is 0 Å². The molecular formula is C23H31N5OS. The number of fused-ring (bicyclic) bond motifs is 3. The normalized spacial score (nSPS) is 21.0. The van der Waals surface area contributed by atoms with Crippen molar-refractivity contribution in [3.8, 4) is 12.3 Å². The van der Waals surface area contributed by atoms with Gasteiger partial charge in [-0.15, -0.1) is 23.7 Å². The highest BCUT2D eigenvalue weighted by atomic mass is 32.1. The third kappa shape index (κ3) is 4.19. The molecule has 30 heavy (non-hydrogen) atoms. The maximum atomic E-state index is 5.51. The van der Waals surface area contributed by atoms with Gasteiger partial charge in [-0.1, -0.05) is 0 Å². The Bertz CT molecular complexity index is 922. The fourth-order valence-corrected chi connectivity index (χ4v) is 6.12. The molecular weight excluding hydrogens is 394 g/mol. The molecule has 2 saturated heterocycles. The summed E-state index contributed by atoms with van der Waals surface area (Å²) in [5.74, 6) is 4.92. The zero-order chi connectivity index (χ0) is 20.3. The van der Waals surface area contributed by atoms with Gasteiger partial charge in [0, 0.05) is 57.1 Å². The number of piperazine rings is 1. The lowest BCUT2D eigenvalue weighted by Crippen LogP contribution is -2.47. The van der Waals surface area contributed by atoms with E-state index < -0.39 is 0 Å². The van der Waals surface area contributed by atoms with Crippen molar-refractivity contribution in [2.24, 2.45) is 0 Å². The first-order valence-corrected chi connectivity index (χ1v) is 12.2. The predicted octanol–water partition coefficient (Wildman–Crippen LogP) is 2.55. The van der Waals surface area contributed by atoms with Crippen LogP contribution in [-0.2, 0) is 24.1 Å². The molecule has 2 aliphatic heterocycles. The van der Waals surface area contributed by atoms with Gasteiger partial charge in [0.05, 0.1) is 25.1 Å². The van der Waals surface area contributed by atoms with E-state index in [9.17, 15) is 0 Å². The number of hydrogen-bond acceptors (Lipinski definition) is 7. The molecule has 6 nitrogen and oxygen atoms in total. The Balaban J connectivity index is 1.45. The lowest BCUT2D eigenvalue weighted by Gasteiger charge is -2.36. The monoisotopic (exact) mass is 425 g/mol. The Kier molecular flexibility index (Phi) is 6.19. The summed E-state index contributed by atoms with van der Waals surface area (Å²) in [6.45, 7) is 9.49. The van der Waals surface area contributed by atoms with Crippen molar-refractivity contribution in [1.29, 1.82) is 0 Å². The van der Waals surface area contributed by atoms with Gasteiger partial charge in [0.25, 0.3) is 0 Å². The molecule has 7 heteroatoms.